The van der Waals surface area contributed by atoms with Crippen molar-refractivity contribution < 1.29 is 32.9 Å². The number of benzene rings is 2. The number of hydrogen-bond donors (Lipinski definition) is 2. The van der Waals surface area contributed by atoms with E-state index >= 15 is 8.78 Å². The van der Waals surface area contributed by atoms with Gasteiger partial charge in [0.25, 0.3) is 0 Å². The number of aromatic nitrogens is 3. The number of rotatable bonds is 10. The minimum absolute atomic E-state index is 0.0158. The SMILES string of the molecule is CCc1c(F)ccc2cc(OCOC)cc(-c3ncc4c(N5C[C@H]6CC[C@@H](C5)[C@@H]6NC(=O)O)nc(OCC56CCCN5CCC6)nc4c3F)c12. The summed E-state index contributed by atoms with van der Waals surface area (Å²) in [5.74, 6) is 0.0779. The van der Waals surface area contributed by atoms with E-state index in [0.717, 1.165) is 51.6 Å². The molecule has 1 aliphatic carbocycles. The minimum atomic E-state index is -1.02. The summed E-state index contributed by atoms with van der Waals surface area (Å²) < 4.78 is 49.7. The lowest BCUT2D eigenvalue weighted by atomic mass is 9.92. The first kappa shape index (κ1) is 32.8. The predicted molar refractivity (Wildman–Crippen MR) is 184 cm³/mol. The summed E-state index contributed by atoms with van der Waals surface area (Å²) in [7, 11) is 1.52. The van der Waals surface area contributed by atoms with Crippen molar-refractivity contribution in [3.8, 4) is 23.0 Å². The van der Waals surface area contributed by atoms with Crippen molar-refractivity contribution in [2.75, 3.05) is 51.6 Å². The van der Waals surface area contributed by atoms with Crippen LogP contribution in [0.1, 0.15) is 51.0 Å². The van der Waals surface area contributed by atoms with Crippen LogP contribution in [-0.4, -0.2) is 89.3 Å². The van der Waals surface area contributed by atoms with Crippen LogP contribution in [0.5, 0.6) is 11.8 Å². The summed E-state index contributed by atoms with van der Waals surface area (Å²) in [6.45, 7) is 5.45. The zero-order chi connectivity index (χ0) is 34.6. The number of nitrogens with one attached hydrogen (secondary N) is 1. The van der Waals surface area contributed by atoms with Gasteiger partial charge in [-0.2, -0.15) is 9.97 Å². The van der Waals surface area contributed by atoms with Crippen molar-refractivity contribution in [2.24, 2.45) is 11.8 Å². The number of aryl methyl sites for hydroxylation is 1. The minimum Gasteiger partial charge on any atom is -0.468 e. The first-order valence-electron chi connectivity index (χ1n) is 17.6. The van der Waals surface area contributed by atoms with Gasteiger partial charge in [0.1, 0.15) is 35.2 Å². The molecule has 2 bridgehead atoms. The molecule has 11 nitrogen and oxygen atoms in total. The molecule has 5 heterocycles. The van der Waals surface area contributed by atoms with Gasteiger partial charge < -0.3 is 29.5 Å². The number of halogens is 2. The van der Waals surface area contributed by atoms with Crippen molar-refractivity contribution in [2.45, 2.75) is 63.5 Å². The Bertz CT molecular complexity index is 1940. The van der Waals surface area contributed by atoms with E-state index in [9.17, 15) is 9.90 Å². The molecule has 2 aromatic heterocycles. The second-order valence-electron chi connectivity index (χ2n) is 14.2. The van der Waals surface area contributed by atoms with E-state index in [-0.39, 0.29) is 53.2 Å². The van der Waals surface area contributed by atoms with Crippen molar-refractivity contribution >= 4 is 33.6 Å². The van der Waals surface area contributed by atoms with Crippen LogP contribution in [0.4, 0.5) is 19.4 Å². The quantitative estimate of drug-likeness (QED) is 0.188. The smallest absolute Gasteiger partial charge is 0.404 e. The molecule has 1 amide bonds. The predicted octanol–water partition coefficient (Wildman–Crippen LogP) is 6.16. The van der Waals surface area contributed by atoms with Gasteiger partial charge >= 0.3 is 12.1 Å². The molecule has 4 fully saturated rings. The molecule has 2 N–H and O–H groups in total. The first-order chi connectivity index (χ1) is 24.3. The standard InChI is InChI=1S/C37H42F2N6O5/c1-3-25-28(38)9-8-21-14-24(50-20-48-2)15-26(29(21)25)32-30(39)33-27(16-40-32)34(44-17-22-6-7-23(18-44)31(22)42-36(46)47)43-35(41-33)49-19-37-10-4-12-45(37)13-5-11-37/h8-9,14-16,22-23,31,42H,3-7,10-13,17-20H2,1-2H3,(H,46,47)/t22-,23+,31-. The highest BCUT2D eigenvalue weighted by atomic mass is 19.1. The van der Waals surface area contributed by atoms with Gasteiger partial charge in [0, 0.05) is 38.0 Å². The number of anilines is 1. The molecule has 264 valence electrons. The molecule has 0 unspecified atom stereocenters. The maximum atomic E-state index is 17.2. The lowest BCUT2D eigenvalue weighted by Gasteiger charge is -2.39. The Morgan fingerprint density at radius 3 is 2.54 bits per heavy atom. The Balaban J connectivity index is 1.26. The zero-order valence-electron chi connectivity index (χ0n) is 28.4. The molecule has 3 saturated heterocycles. The number of nitrogens with zero attached hydrogens (tertiary/aromatic N) is 5. The number of ether oxygens (including phenoxy) is 3. The van der Waals surface area contributed by atoms with Gasteiger partial charge in [0.15, 0.2) is 12.6 Å². The van der Waals surface area contributed by atoms with Gasteiger partial charge in [0.05, 0.1) is 10.9 Å². The zero-order valence-corrected chi connectivity index (χ0v) is 28.4. The number of fused-ring (bicyclic) bond motifs is 5. The van der Waals surface area contributed by atoms with Gasteiger partial charge in [-0.15, -0.1) is 0 Å². The van der Waals surface area contributed by atoms with E-state index in [1.165, 1.54) is 13.2 Å². The van der Waals surface area contributed by atoms with Gasteiger partial charge in [-0.25, -0.2) is 13.6 Å². The average molecular weight is 689 g/mol. The molecule has 4 aliphatic rings. The topological polar surface area (TPSA) is 122 Å². The van der Waals surface area contributed by atoms with Gasteiger partial charge in [-0.1, -0.05) is 13.0 Å². The Hall–Kier alpha value is -4.36. The Morgan fingerprint density at radius 2 is 1.84 bits per heavy atom. The van der Waals surface area contributed by atoms with Crippen LogP contribution in [0.15, 0.2) is 30.5 Å². The van der Waals surface area contributed by atoms with Gasteiger partial charge in [0.2, 0.25) is 0 Å². The van der Waals surface area contributed by atoms with Crippen LogP contribution in [-0.2, 0) is 11.2 Å². The van der Waals surface area contributed by atoms with E-state index in [0.29, 0.717) is 65.0 Å². The highest BCUT2D eigenvalue weighted by Gasteiger charge is 2.46. The molecule has 0 spiro atoms. The normalized spacial score (nSPS) is 22.7. The van der Waals surface area contributed by atoms with Gasteiger partial charge in [-0.05, 0) is 104 Å². The fraction of sp³-hybridized carbons (Fsp3) is 0.514. The molecule has 0 radical (unpaired) electrons. The summed E-state index contributed by atoms with van der Waals surface area (Å²) in [5, 5.41) is 13.9. The number of piperidine rings is 1. The molecule has 3 aliphatic heterocycles. The third kappa shape index (κ3) is 5.64. The fourth-order valence-corrected chi connectivity index (χ4v) is 9.18. The number of hydrogen-bond acceptors (Lipinski definition) is 9. The summed E-state index contributed by atoms with van der Waals surface area (Å²) in [6, 6.07) is 6.48. The van der Waals surface area contributed by atoms with Crippen molar-refractivity contribution in [1.82, 2.24) is 25.2 Å². The highest BCUT2D eigenvalue weighted by Crippen LogP contribution is 2.43. The number of methoxy groups -OCH3 is 1. The molecular formula is C37H42F2N6O5. The maximum Gasteiger partial charge on any atom is 0.404 e. The summed E-state index contributed by atoms with van der Waals surface area (Å²) in [6.07, 6.45) is 7.02. The maximum absolute atomic E-state index is 17.2. The van der Waals surface area contributed by atoms with E-state index in [2.05, 4.69) is 20.1 Å². The molecule has 3 atom stereocenters. The van der Waals surface area contributed by atoms with Crippen LogP contribution < -0.4 is 19.7 Å². The van der Waals surface area contributed by atoms with E-state index in [1.54, 1.807) is 24.4 Å². The Labute approximate surface area is 288 Å². The molecule has 1 saturated carbocycles. The molecule has 13 heteroatoms. The van der Waals surface area contributed by atoms with Crippen LogP contribution in [0.2, 0.25) is 0 Å². The summed E-state index contributed by atoms with van der Waals surface area (Å²) in [5.41, 5.74) is 0.850. The van der Waals surface area contributed by atoms with Crippen LogP contribution >= 0.6 is 0 Å². The van der Waals surface area contributed by atoms with E-state index < -0.39 is 11.9 Å². The lowest BCUT2D eigenvalue weighted by Crippen LogP contribution is -2.52. The number of carbonyl (C=O) groups is 1. The number of carboxylic acid groups (broad SMARTS) is 1. The third-order valence-electron chi connectivity index (χ3n) is 11.4. The fourth-order valence-electron chi connectivity index (χ4n) is 9.18. The first-order valence-corrected chi connectivity index (χ1v) is 17.6. The molecule has 50 heavy (non-hydrogen) atoms. The van der Waals surface area contributed by atoms with E-state index in [4.69, 9.17) is 24.2 Å². The summed E-state index contributed by atoms with van der Waals surface area (Å²) in [4.78, 5) is 30.4. The highest BCUT2D eigenvalue weighted by molar-refractivity contribution is 6.01. The second kappa shape index (κ2) is 13.1. The third-order valence-corrected chi connectivity index (χ3v) is 11.4. The summed E-state index contributed by atoms with van der Waals surface area (Å²) >= 11 is 0. The average Bonchev–Trinajstić information content (AvgIpc) is 3.75. The van der Waals surface area contributed by atoms with Crippen LogP contribution in [0, 0.1) is 23.5 Å². The Kier molecular flexibility index (Phi) is 8.58. The number of amides is 1. The molecule has 4 aromatic rings. The van der Waals surface area contributed by atoms with Crippen LogP contribution in [0.25, 0.3) is 32.9 Å². The van der Waals surface area contributed by atoms with Crippen LogP contribution in [0.3, 0.4) is 0 Å². The van der Waals surface area contributed by atoms with Crippen molar-refractivity contribution in [1.29, 1.82) is 0 Å². The van der Waals surface area contributed by atoms with Crippen molar-refractivity contribution in [3.05, 3.63) is 47.7 Å². The largest absolute Gasteiger partial charge is 0.468 e. The lowest BCUT2D eigenvalue weighted by molar-refractivity contribution is 0.0512. The second-order valence-corrected chi connectivity index (χ2v) is 14.2. The number of pyridine rings is 1. The van der Waals surface area contributed by atoms with E-state index in [1.807, 2.05) is 6.92 Å². The monoisotopic (exact) mass is 688 g/mol. The molecule has 8 rings (SSSR count). The Morgan fingerprint density at radius 1 is 1.08 bits per heavy atom. The molecule has 2 aromatic carbocycles. The van der Waals surface area contributed by atoms with Crippen molar-refractivity contribution in [3.63, 3.8) is 0 Å². The van der Waals surface area contributed by atoms with Gasteiger partial charge in [-0.3, -0.25) is 9.88 Å². The molecular weight excluding hydrogens is 646 g/mol.